The van der Waals surface area contributed by atoms with E-state index in [1.807, 2.05) is 0 Å². The van der Waals surface area contributed by atoms with Crippen LogP contribution in [0.2, 0.25) is 0 Å². The number of thioether (sulfide) groups is 1. The number of hydrogen-bond acceptors (Lipinski definition) is 5. The van der Waals surface area contributed by atoms with Gasteiger partial charge < -0.3 is 9.94 Å². The third-order valence-corrected chi connectivity index (χ3v) is 1.28. The van der Waals surface area contributed by atoms with Crippen LogP contribution in [0.15, 0.2) is 5.16 Å². The van der Waals surface area contributed by atoms with E-state index in [9.17, 15) is 4.79 Å². The zero-order valence-electron chi connectivity index (χ0n) is 5.12. The number of nitrogens with zero attached hydrogens (tertiary/aromatic N) is 1. The van der Waals surface area contributed by atoms with Crippen molar-refractivity contribution in [3.05, 3.63) is 0 Å². The van der Waals surface area contributed by atoms with Crippen LogP contribution >= 0.6 is 11.8 Å². The summed E-state index contributed by atoms with van der Waals surface area (Å²) in [7, 11) is 1.23. The average Bonchev–Trinajstić information content (AvgIpc) is 1.90. The fourth-order valence-electron chi connectivity index (χ4n) is 0.252. The van der Waals surface area contributed by atoms with Gasteiger partial charge in [0.15, 0.2) is 0 Å². The lowest BCUT2D eigenvalue weighted by Gasteiger charge is -1.94. The van der Waals surface area contributed by atoms with Crippen molar-refractivity contribution in [2.75, 3.05) is 13.4 Å². The Hall–Kier alpha value is -0.710. The van der Waals surface area contributed by atoms with Gasteiger partial charge in [-0.15, -0.1) is 0 Å². The van der Waals surface area contributed by atoms with Crippen molar-refractivity contribution < 1.29 is 14.7 Å². The lowest BCUT2D eigenvalue weighted by molar-refractivity contribution is -0.132. The summed E-state index contributed by atoms with van der Waals surface area (Å²) in [6.45, 7) is 0. The Morgan fingerprint density at radius 2 is 2.33 bits per heavy atom. The Labute approximate surface area is 56.9 Å². The number of hydrogen-bond donors (Lipinski definition) is 1. The van der Waals surface area contributed by atoms with Crippen LogP contribution < -0.4 is 0 Å². The molecule has 0 heterocycles. The summed E-state index contributed by atoms with van der Waals surface area (Å²) in [6, 6.07) is 0. The molecule has 0 atom stereocenters. The van der Waals surface area contributed by atoms with Crippen LogP contribution in [0.4, 0.5) is 0 Å². The van der Waals surface area contributed by atoms with Crippen molar-refractivity contribution in [2.45, 2.75) is 0 Å². The molecule has 0 saturated carbocycles. The molecule has 0 fully saturated rings. The minimum absolute atomic E-state index is 0.0440. The molecule has 0 amide bonds. The number of esters is 1. The van der Waals surface area contributed by atoms with Gasteiger partial charge in [0.05, 0.1) is 7.11 Å². The lowest BCUT2D eigenvalue weighted by atomic mass is 10.7. The molecular weight excluding hydrogens is 142 g/mol. The molecule has 0 aromatic heterocycles. The van der Waals surface area contributed by atoms with E-state index in [1.54, 1.807) is 6.26 Å². The summed E-state index contributed by atoms with van der Waals surface area (Å²) in [6.07, 6.45) is 1.62. The molecule has 0 saturated heterocycles. The van der Waals surface area contributed by atoms with E-state index in [-0.39, 0.29) is 5.04 Å². The van der Waals surface area contributed by atoms with Crippen LogP contribution in [-0.4, -0.2) is 29.6 Å². The fraction of sp³-hybridized carbons (Fsp3) is 0.500. The average molecular weight is 149 g/mol. The topological polar surface area (TPSA) is 58.9 Å². The molecule has 0 aromatic rings. The summed E-state index contributed by atoms with van der Waals surface area (Å²) in [5, 5.41) is 10.7. The summed E-state index contributed by atoms with van der Waals surface area (Å²) in [5.74, 6) is -0.620. The molecule has 0 bridgehead atoms. The standard InChI is InChI=1S/C4H7NO3S/c1-8-4(6)3(5-7)9-2/h7H,1-2H3. The molecule has 9 heavy (non-hydrogen) atoms. The molecule has 1 N–H and O–H groups in total. The first-order valence-corrected chi connectivity index (χ1v) is 3.33. The highest BCUT2D eigenvalue weighted by Crippen LogP contribution is 1.98. The Balaban J connectivity index is 3.97. The molecule has 5 heteroatoms. The normalized spacial score (nSPS) is 11.1. The molecule has 0 radical (unpaired) electrons. The van der Waals surface area contributed by atoms with E-state index in [1.165, 1.54) is 7.11 Å². The molecule has 0 spiro atoms. The molecule has 52 valence electrons. The van der Waals surface area contributed by atoms with E-state index < -0.39 is 5.97 Å². The number of rotatable bonds is 0. The van der Waals surface area contributed by atoms with Gasteiger partial charge in [-0.25, -0.2) is 4.79 Å². The second kappa shape index (κ2) is 4.20. The van der Waals surface area contributed by atoms with Crippen LogP contribution in [0, 0.1) is 0 Å². The molecule has 0 aliphatic rings. The molecule has 0 aliphatic heterocycles. The summed E-state index contributed by atoms with van der Waals surface area (Å²) < 4.78 is 4.24. The van der Waals surface area contributed by atoms with E-state index in [4.69, 9.17) is 5.21 Å². The van der Waals surface area contributed by atoms with Crippen LogP contribution in [0.25, 0.3) is 0 Å². The Morgan fingerprint density at radius 1 is 1.78 bits per heavy atom. The van der Waals surface area contributed by atoms with Crippen molar-refractivity contribution in [3.63, 3.8) is 0 Å². The van der Waals surface area contributed by atoms with Crippen LogP contribution in [0.1, 0.15) is 0 Å². The minimum Gasteiger partial charge on any atom is -0.464 e. The maximum Gasteiger partial charge on any atom is 0.366 e. The van der Waals surface area contributed by atoms with Gasteiger partial charge in [-0.1, -0.05) is 16.9 Å². The molecule has 0 aromatic carbocycles. The Kier molecular flexibility index (Phi) is 3.87. The number of ether oxygens (including phenoxy) is 1. The highest BCUT2D eigenvalue weighted by molar-refractivity contribution is 8.15. The zero-order valence-corrected chi connectivity index (χ0v) is 5.94. The predicted molar refractivity (Wildman–Crippen MR) is 34.8 cm³/mol. The molecular formula is C4H7NO3S. The largest absolute Gasteiger partial charge is 0.464 e. The quantitative estimate of drug-likeness (QED) is 0.177. The smallest absolute Gasteiger partial charge is 0.366 e. The van der Waals surface area contributed by atoms with Gasteiger partial charge in [0.2, 0.25) is 5.04 Å². The van der Waals surface area contributed by atoms with Crippen LogP contribution in [0.3, 0.4) is 0 Å². The lowest BCUT2D eigenvalue weighted by Crippen LogP contribution is -2.11. The molecule has 0 rings (SSSR count). The number of carbonyl (C=O) groups excluding carboxylic acids is 1. The van der Waals surface area contributed by atoms with Crippen molar-refractivity contribution in [1.29, 1.82) is 0 Å². The van der Waals surface area contributed by atoms with Crippen molar-refractivity contribution in [2.24, 2.45) is 5.16 Å². The van der Waals surface area contributed by atoms with Gasteiger partial charge in [-0.3, -0.25) is 0 Å². The van der Waals surface area contributed by atoms with Crippen molar-refractivity contribution >= 4 is 22.8 Å². The SMILES string of the molecule is COC(=O)C(=NO)SC. The third-order valence-electron chi connectivity index (χ3n) is 0.644. The fourth-order valence-corrected chi connectivity index (χ4v) is 0.584. The minimum atomic E-state index is -0.620. The molecule has 0 aliphatic carbocycles. The first-order chi connectivity index (χ1) is 4.26. The second-order valence-electron chi connectivity index (χ2n) is 1.10. The Bertz CT molecular complexity index is 134. The van der Waals surface area contributed by atoms with Gasteiger partial charge >= 0.3 is 5.97 Å². The van der Waals surface area contributed by atoms with Crippen LogP contribution in [-0.2, 0) is 9.53 Å². The summed E-state index contributed by atoms with van der Waals surface area (Å²) in [5.41, 5.74) is 0. The van der Waals surface area contributed by atoms with E-state index in [2.05, 4.69) is 9.89 Å². The number of carbonyl (C=O) groups is 1. The number of methoxy groups -OCH3 is 1. The van der Waals surface area contributed by atoms with Gasteiger partial charge in [-0.05, 0) is 6.26 Å². The summed E-state index contributed by atoms with van der Waals surface area (Å²) >= 11 is 1.03. The predicted octanol–water partition coefficient (Wildman–Crippen LogP) is 0.310. The van der Waals surface area contributed by atoms with Gasteiger partial charge in [0.1, 0.15) is 0 Å². The maximum atomic E-state index is 10.4. The zero-order chi connectivity index (χ0) is 7.28. The maximum absolute atomic E-state index is 10.4. The Morgan fingerprint density at radius 3 is 2.44 bits per heavy atom. The molecule has 4 nitrogen and oxygen atoms in total. The van der Waals surface area contributed by atoms with Crippen LogP contribution in [0.5, 0.6) is 0 Å². The first-order valence-electron chi connectivity index (χ1n) is 2.10. The monoisotopic (exact) mass is 149 g/mol. The van der Waals surface area contributed by atoms with Gasteiger partial charge in [-0.2, -0.15) is 0 Å². The van der Waals surface area contributed by atoms with E-state index in [0.717, 1.165) is 11.8 Å². The van der Waals surface area contributed by atoms with Gasteiger partial charge in [0, 0.05) is 0 Å². The van der Waals surface area contributed by atoms with E-state index >= 15 is 0 Å². The van der Waals surface area contributed by atoms with Gasteiger partial charge in [0.25, 0.3) is 0 Å². The van der Waals surface area contributed by atoms with Crippen molar-refractivity contribution in [1.82, 2.24) is 0 Å². The highest BCUT2D eigenvalue weighted by Gasteiger charge is 2.08. The number of oxime groups is 1. The first kappa shape index (κ1) is 8.29. The second-order valence-corrected chi connectivity index (χ2v) is 1.90. The third kappa shape index (κ3) is 2.36. The van der Waals surface area contributed by atoms with Crippen molar-refractivity contribution in [3.8, 4) is 0 Å². The van der Waals surface area contributed by atoms with E-state index in [0.29, 0.717) is 0 Å². The summed E-state index contributed by atoms with van der Waals surface area (Å²) in [4.78, 5) is 10.4. The highest BCUT2D eigenvalue weighted by atomic mass is 32.2. The molecule has 0 unspecified atom stereocenters.